The van der Waals surface area contributed by atoms with Gasteiger partial charge < -0.3 is 14.4 Å². The molecule has 6 heteroatoms. The molecule has 0 aliphatic carbocycles. The molecule has 3 aliphatic heterocycles. The number of nitrogens with zero attached hydrogens (tertiary/aromatic N) is 2. The number of halogens is 1. The minimum absolute atomic E-state index is 0.198. The molecule has 3 aliphatic rings. The van der Waals surface area contributed by atoms with Crippen LogP contribution in [0, 0.1) is 12.8 Å². The molecule has 5 nitrogen and oxygen atoms in total. The lowest BCUT2D eigenvalue weighted by Crippen LogP contribution is -2.49. The molecule has 1 spiro atoms. The molecule has 0 bridgehead atoms. The van der Waals surface area contributed by atoms with Crippen molar-refractivity contribution in [2.24, 2.45) is 5.92 Å². The lowest BCUT2D eigenvalue weighted by molar-refractivity contribution is -0.137. The standard InChI is InChI=1S/C25H29ClN2O3/c1-16-22(30-2)9-8-20(23(16)31-3)21-13-18-15-27(14-17-6-4-7-19(26)12-17)24(29)25(18)10-5-11-28(21)25/h4,6-9,12,18,21H,5,10-11,13-15H2,1-3H3/t18-,21-,25-/m0/s1. The van der Waals surface area contributed by atoms with Gasteiger partial charge in [-0.25, -0.2) is 0 Å². The van der Waals surface area contributed by atoms with Crippen LogP contribution in [0.2, 0.25) is 5.02 Å². The maximum Gasteiger partial charge on any atom is 0.243 e. The Labute approximate surface area is 188 Å². The third kappa shape index (κ3) is 3.05. The fourth-order valence-electron chi connectivity index (χ4n) is 6.31. The van der Waals surface area contributed by atoms with Crippen LogP contribution in [-0.2, 0) is 11.3 Å². The van der Waals surface area contributed by atoms with E-state index in [1.807, 2.05) is 42.2 Å². The first kappa shape index (κ1) is 20.7. The van der Waals surface area contributed by atoms with Crippen LogP contribution in [-0.4, -0.2) is 48.6 Å². The predicted molar refractivity (Wildman–Crippen MR) is 121 cm³/mol. The fourth-order valence-corrected chi connectivity index (χ4v) is 6.53. The molecule has 31 heavy (non-hydrogen) atoms. The van der Waals surface area contributed by atoms with Crippen LogP contribution in [0.25, 0.3) is 0 Å². The summed E-state index contributed by atoms with van der Waals surface area (Å²) in [5, 5.41) is 0.715. The van der Waals surface area contributed by atoms with Gasteiger partial charge in [-0.1, -0.05) is 29.8 Å². The lowest BCUT2D eigenvalue weighted by atomic mass is 9.85. The van der Waals surface area contributed by atoms with E-state index in [1.165, 1.54) is 5.56 Å². The van der Waals surface area contributed by atoms with Crippen molar-refractivity contribution < 1.29 is 14.3 Å². The van der Waals surface area contributed by atoms with Gasteiger partial charge in [-0.3, -0.25) is 9.69 Å². The van der Waals surface area contributed by atoms with Crippen molar-refractivity contribution in [3.63, 3.8) is 0 Å². The number of amides is 1. The number of benzene rings is 2. The first-order chi connectivity index (χ1) is 15.0. The van der Waals surface area contributed by atoms with Crippen molar-refractivity contribution in [3.8, 4) is 11.5 Å². The Bertz CT molecular complexity index is 1030. The normalized spacial score (nSPS) is 27.5. The van der Waals surface area contributed by atoms with Crippen LogP contribution in [0.15, 0.2) is 36.4 Å². The number of rotatable bonds is 5. The molecular formula is C25H29ClN2O3. The summed E-state index contributed by atoms with van der Waals surface area (Å²) in [6.45, 7) is 4.41. The van der Waals surface area contributed by atoms with Crippen molar-refractivity contribution >= 4 is 17.5 Å². The molecule has 0 radical (unpaired) electrons. The number of carbonyl (C=O) groups is 1. The van der Waals surface area contributed by atoms with E-state index in [4.69, 9.17) is 21.1 Å². The van der Waals surface area contributed by atoms with Crippen LogP contribution in [0.5, 0.6) is 11.5 Å². The molecule has 3 atom stereocenters. The lowest BCUT2D eigenvalue weighted by Gasteiger charge is -2.34. The Hall–Kier alpha value is -2.24. The molecule has 164 valence electrons. The van der Waals surface area contributed by atoms with Crippen LogP contribution >= 0.6 is 11.6 Å². The topological polar surface area (TPSA) is 42.0 Å². The van der Waals surface area contributed by atoms with Crippen molar-refractivity contribution in [2.45, 2.75) is 44.3 Å². The third-order valence-electron chi connectivity index (χ3n) is 7.56. The van der Waals surface area contributed by atoms with Gasteiger partial charge in [-0.2, -0.15) is 0 Å². The molecule has 1 amide bonds. The maximum absolute atomic E-state index is 13.8. The Morgan fingerprint density at radius 3 is 2.77 bits per heavy atom. The second kappa shape index (κ2) is 7.72. The van der Waals surface area contributed by atoms with E-state index in [0.29, 0.717) is 17.5 Å². The maximum atomic E-state index is 13.8. The Morgan fingerprint density at radius 2 is 2.03 bits per heavy atom. The summed E-state index contributed by atoms with van der Waals surface area (Å²) in [6.07, 6.45) is 2.97. The second-order valence-corrected chi connectivity index (χ2v) is 9.44. The third-order valence-corrected chi connectivity index (χ3v) is 7.79. The van der Waals surface area contributed by atoms with Crippen LogP contribution in [0.3, 0.4) is 0 Å². The summed E-state index contributed by atoms with van der Waals surface area (Å²) in [5.74, 6) is 2.33. The number of methoxy groups -OCH3 is 2. The quantitative estimate of drug-likeness (QED) is 0.681. The van der Waals surface area contributed by atoms with Gasteiger partial charge in [0.2, 0.25) is 5.91 Å². The average molecular weight is 441 g/mol. The molecule has 2 aromatic carbocycles. The highest BCUT2D eigenvalue weighted by Gasteiger charge is 2.65. The van der Waals surface area contributed by atoms with Crippen LogP contribution < -0.4 is 9.47 Å². The van der Waals surface area contributed by atoms with Crippen molar-refractivity contribution in [1.82, 2.24) is 9.80 Å². The van der Waals surface area contributed by atoms with Gasteiger partial charge in [0.15, 0.2) is 0 Å². The monoisotopic (exact) mass is 440 g/mol. The zero-order valence-corrected chi connectivity index (χ0v) is 19.1. The smallest absolute Gasteiger partial charge is 0.243 e. The molecular weight excluding hydrogens is 412 g/mol. The first-order valence-electron chi connectivity index (χ1n) is 11.0. The number of hydrogen-bond donors (Lipinski definition) is 0. The SMILES string of the molecule is COc1ccc([C@@H]2C[C@H]3CN(Cc4cccc(Cl)c4)C(=O)[C@]34CCCN24)c(OC)c1C. The largest absolute Gasteiger partial charge is 0.496 e. The van der Waals surface area contributed by atoms with E-state index < -0.39 is 0 Å². The van der Waals surface area contributed by atoms with Gasteiger partial charge in [-0.15, -0.1) is 0 Å². The highest BCUT2D eigenvalue weighted by atomic mass is 35.5. The minimum atomic E-state index is -0.373. The summed E-state index contributed by atoms with van der Waals surface area (Å²) in [4.78, 5) is 18.3. The van der Waals surface area contributed by atoms with E-state index in [0.717, 1.165) is 55.0 Å². The number of likely N-dealkylation sites (tertiary alicyclic amines) is 1. The van der Waals surface area contributed by atoms with Gasteiger partial charge >= 0.3 is 0 Å². The summed E-state index contributed by atoms with van der Waals surface area (Å²) in [7, 11) is 3.41. The molecule has 5 rings (SSSR count). The molecule has 0 aromatic heterocycles. The zero-order chi connectivity index (χ0) is 21.8. The van der Waals surface area contributed by atoms with Gasteiger partial charge in [0.1, 0.15) is 17.0 Å². The van der Waals surface area contributed by atoms with Gasteiger partial charge in [0, 0.05) is 41.2 Å². The van der Waals surface area contributed by atoms with Crippen molar-refractivity contribution in [2.75, 3.05) is 27.3 Å². The highest BCUT2D eigenvalue weighted by molar-refractivity contribution is 6.30. The molecule has 0 saturated carbocycles. The summed E-state index contributed by atoms with van der Waals surface area (Å²) < 4.78 is 11.3. The summed E-state index contributed by atoms with van der Waals surface area (Å²) in [5.41, 5.74) is 2.90. The number of carbonyl (C=O) groups excluding carboxylic acids is 1. The minimum Gasteiger partial charge on any atom is -0.496 e. The Balaban J connectivity index is 1.46. The van der Waals surface area contributed by atoms with E-state index in [1.54, 1.807) is 14.2 Å². The molecule has 0 unspecified atom stereocenters. The summed E-state index contributed by atoms with van der Waals surface area (Å²) in [6, 6.07) is 12.2. The zero-order valence-electron chi connectivity index (χ0n) is 18.4. The molecule has 3 fully saturated rings. The number of ether oxygens (including phenoxy) is 2. The second-order valence-electron chi connectivity index (χ2n) is 9.00. The fraction of sp³-hybridized carbons (Fsp3) is 0.480. The Morgan fingerprint density at radius 1 is 1.19 bits per heavy atom. The molecule has 2 aromatic rings. The van der Waals surface area contributed by atoms with Crippen molar-refractivity contribution in [1.29, 1.82) is 0 Å². The Kier molecular flexibility index (Phi) is 5.14. The van der Waals surface area contributed by atoms with Gasteiger partial charge in [0.25, 0.3) is 0 Å². The van der Waals surface area contributed by atoms with Gasteiger partial charge in [-0.05, 0) is 56.5 Å². The van der Waals surface area contributed by atoms with E-state index in [-0.39, 0.29) is 17.5 Å². The van der Waals surface area contributed by atoms with Crippen molar-refractivity contribution in [3.05, 3.63) is 58.1 Å². The average Bonchev–Trinajstić information content (AvgIpc) is 3.39. The van der Waals surface area contributed by atoms with E-state index >= 15 is 0 Å². The first-order valence-corrected chi connectivity index (χ1v) is 11.4. The number of hydrogen-bond acceptors (Lipinski definition) is 4. The molecule has 3 heterocycles. The molecule has 0 N–H and O–H groups in total. The summed E-state index contributed by atoms with van der Waals surface area (Å²) >= 11 is 6.17. The molecule has 3 saturated heterocycles. The highest BCUT2D eigenvalue weighted by Crippen LogP contribution is 2.57. The van der Waals surface area contributed by atoms with Crippen LogP contribution in [0.1, 0.15) is 42.0 Å². The predicted octanol–water partition coefficient (Wildman–Crippen LogP) is 4.60. The van der Waals surface area contributed by atoms with E-state index in [2.05, 4.69) is 11.0 Å². The van der Waals surface area contributed by atoms with Gasteiger partial charge in [0.05, 0.1) is 14.2 Å². The van der Waals surface area contributed by atoms with Crippen LogP contribution in [0.4, 0.5) is 0 Å². The van der Waals surface area contributed by atoms with E-state index in [9.17, 15) is 4.79 Å².